The first-order chi connectivity index (χ1) is 12.8. The molecule has 3 fully saturated rings. The zero-order chi connectivity index (χ0) is 20.9. The van der Waals surface area contributed by atoms with Crippen molar-refractivity contribution >= 4 is 0 Å². The highest BCUT2D eigenvalue weighted by molar-refractivity contribution is 5.00. The van der Waals surface area contributed by atoms with Crippen LogP contribution in [-0.2, 0) is 0 Å². The van der Waals surface area contributed by atoms with Gasteiger partial charge in [0.1, 0.15) is 0 Å². The molecule has 7 heteroatoms. The monoisotopic (exact) mass is 404 g/mol. The van der Waals surface area contributed by atoms with Crippen molar-refractivity contribution in [3.63, 3.8) is 0 Å². The Morgan fingerprint density at radius 3 is 2.04 bits per heavy atom. The first-order valence-electron chi connectivity index (χ1n) is 10.8. The molecule has 2 saturated heterocycles. The van der Waals surface area contributed by atoms with E-state index in [-0.39, 0.29) is 11.6 Å². The Morgan fingerprint density at radius 1 is 0.964 bits per heavy atom. The van der Waals surface area contributed by atoms with E-state index in [1.54, 1.807) is 7.05 Å². The maximum absolute atomic E-state index is 12.6. The zero-order valence-corrected chi connectivity index (χ0v) is 18.5. The molecular weight excluding hydrogens is 365 g/mol. The highest BCUT2D eigenvalue weighted by Gasteiger charge is 2.44. The van der Waals surface area contributed by atoms with Crippen molar-refractivity contribution in [3.8, 4) is 0 Å². The normalized spacial score (nSPS) is 29.7. The summed E-state index contributed by atoms with van der Waals surface area (Å²) in [6.45, 7) is 12.2. The predicted molar refractivity (Wildman–Crippen MR) is 108 cm³/mol. The lowest BCUT2D eigenvalue weighted by Gasteiger charge is -2.56. The smallest absolute Gasteiger partial charge is 0.298 e. The van der Waals surface area contributed by atoms with Crippen molar-refractivity contribution in [2.45, 2.75) is 82.8 Å². The molecule has 3 aliphatic rings. The minimum Gasteiger partial charge on any atom is -0.298 e. The van der Waals surface area contributed by atoms with E-state index in [1.807, 2.05) is 0 Å². The van der Waals surface area contributed by atoms with E-state index in [2.05, 4.69) is 49.4 Å². The number of rotatable bonds is 7. The highest BCUT2D eigenvalue weighted by Crippen LogP contribution is 2.39. The SMILES string of the molecule is CC(CC1CCC1N(C)C1CN(C(C)(C)C)C1)N1CC(N(C)CC(F)(F)F)C1. The Labute approximate surface area is 169 Å². The van der Waals surface area contributed by atoms with Gasteiger partial charge in [-0.2, -0.15) is 13.2 Å². The van der Waals surface area contributed by atoms with Gasteiger partial charge in [-0.3, -0.25) is 19.6 Å². The third-order valence-corrected chi connectivity index (χ3v) is 7.50. The van der Waals surface area contributed by atoms with Crippen molar-refractivity contribution in [2.24, 2.45) is 5.92 Å². The van der Waals surface area contributed by atoms with E-state index in [9.17, 15) is 13.2 Å². The van der Waals surface area contributed by atoms with Crippen molar-refractivity contribution < 1.29 is 13.2 Å². The molecule has 164 valence electrons. The van der Waals surface area contributed by atoms with Crippen LogP contribution >= 0.6 is 0 Å². The van der Waals surface area contributed by atoms with Gasteiger partial charge in [-0.1, -0.05) is 0 Å². The topological polar surface area (TPSA) is 13.0 Å². The minimum atomic E-state index is -4.10. The van der Waals surface area contributed by atoms with Gasteiger partial charge in [-0.05, 0) is 67.0 Å². The molecule has 3 unspecified atom stereocenters. The van der Waals surface area contributed by atoms with E-state index < -0.39 is 12.7 Å². The average molecular weight is 405 g/mol. The molecule has 3 atom stereocenters. The molecule has 2 aliphatic heterocycles. The Balaban J connectivity index is 1.38. The third-order valence-electron chi connectivity index (χ3n) is 7.50. The summed E-state index contributed by atoms with van der Waals surface area (Å²) in [6.07, 6.45) is -0.355. The molecule has 0 spiro atoms. The Bertz CT molecular complexity index is 521. The summed E-state index contributed by atoms with van der Waals surface area (Å²) in [5.74, 6) is 0.732. The highest BCUT2D eigenvalue weighted by atomic mass is 19.4. The second-order valence-corrected chi connectivity index (χ2v) is 10.5. The summed E-state index contributed by atoms with van der Waals surface area (Å²) < 4.78 is 37.7. The zero-order valence-electron chi connectivity index (χ0n) is 18.5. The van der Waals surface area contributed by atoms with Gasteiger partial charge >= 0.3 is 6.18 Å². The van der Waals surface area contributed by atoms with Crippen molar-refractivity contribution in [3.05, 3.63) is 0 Å². The van der Waals surface area contributed by atoms with Crippen LogP contribution in [0, 0.1) is 5.92 Å². The van der Waals surface area contributed by atoms with Gasteiger partial charge in [0.05, 0.1) is 6.54 Å². The van der Waals surface area contributed by atoms with Crippen LogP contribution in [0.2, 0.25) is 0 Å². The van der Waals surface area contributed by atoms with Gasteiger partial charge in [0.15, 0.2) is 0 Å². The standard InChI is InChI=1S/C21H39F3N4/c1-15(27-10-17(11-27)25(5)14-21(22,23)24)9-16-7-8-19(16)26(6)18-12-28(13-18)20(2,3)4/h15-19H,7-14H2,1-6H3. The van der Waals surface area contributed by atoms with Crippen LogP contribution in [0.5, 0.6) is 0 Å². The molecule has 0 aromatic heterocycles. The summed E-state index contributed by atoms with van der Waals surface area (Å²) >= 11 is 0. The summed E-state index contributed by atoms with van der Waals surface area (Å²) in [5, 5.41) is 0. The fourth-order valence-corrected chi connectivity index (χ4v) is 5.02. The van der Waals surface area contributed by atoms with Gasteiger partial charge in [0.2, 0.25) is 0 Å². The van der Waals surface area contributed by atoms with Crippen LogP contribution in [0.4, 0.5) is 13.2 Å². The van der Waals surface area contributed by atoms with E-state index in [4.69, 9.17) is 0 Å². The summed E-state index contributed by atoms with van der Waals surface area (Å²) in [6, 6.07) is 1.86. The number of hydrogen-bond acceptors (Lipinski definition) is 4. The van der Waals surface area contributed by atoms with E-state index in [1.165, 1.54) is 24.2 Å². The lowest BCUT2D eigenvalue weighted by molar-refractivity contribution is -0.155. The summed E-state index contributed by atoms with van der Waals surface area (Å²) in [4.78, 5) is 8.97. The molecule has 0 bridgehead atoms. The lowest BCUT2D eigenvalue weighted by Crippen LogP contribution is -2.67. The molecule has 0 aromatic rings. The number of likely N-dealkylation sites (tertiary alicyclic amines) is 2. The van der Waals surface area contributed by atoms with Crippen molar-refractivity contribution in [1.29, 1.82) is 0 Å². The second-order valence-electron chi connectivity index (χ2n) is 10.5. The molecule has 28 heavy (non-hydrogen) atoms. The molecule has 3 rings (SSSR count). The molecule has 0 amide bonds. The largest absolute Gasteiger partial charge is 0.401 e. The summed E-state index contributed by atoms with van der Waals surface area (Å²) in [7, 11) is 3.88. The number of nitrogens with zero attached hydrogens (tertiary/aromatic N) is 4. The van der Waals surface area contributed by atoms with Crippen molar-refractivity contribution in [2.75, 3.05) is 46.8 Å². The Hall–Kier alpha value is -0.370. The molecular formula is C21H39F3N4. The van der Waals surface area contributed by atoms with Gasteiger partial charge < -0.3 is 0 Å². The number of alkyl halides is 3. The number of hydrogen-bond donors (Lipinski definition) is 0. The maximum atomic E-state index is 12.6. The van der Waals surface area contributed by atoms with Gasteiger partial charge in [0, 0.05) is 55.9 Å². The number of likely N-dealkylation sites (N-methyl/N-ethyl adjacent to an activating group) is 2. The van der Waals surface area contributed by atoms with Crippen LogP contribution < -0.4 is 0 Å². The van der Waals surface area contributed by atoms with Gasteiger partial charge in [0.25, 0.3) is 0 Å². The van der Waals surface area contributed by atoms with E-state index in [0.29, 0.717) is 18.1 Å². The van der Waals surface area contributed by atoms with Crippen LogP contribution in [-0.4, -0.2) is 102 Å². The van der Waals surface area contributed by atoms with Crippen LogP contribution in [0.3, 0.4) is 0 Å². The molecule has 0 aromatic carbocycles. The van der Waals surface area contributed by atoms with Crippen LogP contribution in [0.25, 0.3) is 0 Å². The fourth-order valence-electron chi connectivity index (χ4n) is 5.02. The van der Waals surface area contributed by atoms with Crippen LogP contribution in [0.1, 0.15) is 47.0 Å². The molecule has 2 heterocycles. The quantitative estimate of drug-likeness (QED) is 0.646. The first kappa shape index (κ1) is 22.3. The lowest BCUT2D eigenvalue weighted by atomic mass is 9.74. The molecule has 4 nitrogen and oxygen atoms in total. The first-order valence-corrected chi connectivity index (χ1v) is 10.8. The molecule has 0 N–H and O–H groups in total. The average Bonchev–Trinajstić information content (AvgIpc) is 2.36. The second kappa shape index (κ2) is 8.05. The maximum Gasteiger partial charge on any atom is 0.401 e. The minimum absolute atomic E-state index is 0.0438. The summed E-state index contributed by atoms with van der Waals surface area (Å²) in [5.41, 5.74) is 0.262. The Kier molecular flexibility index (Phi) is 6.41. The molecule has 1 aliphatic carbocycles. The number of halogens is 3. The van der Waals surface area contributed by atoms with Crippen LogP contribution in [0.15, 0.2) is 0 Å². The Morgan fingerprint density at radius 2 is 1.57 bits per heavy atom. The fraction of sp³-hybridized carbons (Fsp3) is 1.00. The van der Waals surface area contributed by atoms with Gasteiger partial charge in [-0.15, -0.1) is 0 Å². The van der Waals surface area contributed by atoms with E-state index >= 15 is 0 Å². The molecule has 1 saturated carbocycles. The molecule has 0 radical (unpaired) electrons. The van der Waals surface area contributed by atoms with Gasteiger partial charge in [-0.25, -0.2) is 0 Å². The predicted octanol–water partition coefficient (Wildman–Crippen LogP) is 3.14. The van der Waals surface area contributed by atoms with E-state index in [0.717, 1.165) is 32.1 Å². The van der Waals surface area contributed by atoms with Crippen molar-refractivity contribution in [1.82, 2.24) is 19.6 Å². The third kappa shape index (κ3) is 5.02.